The predicted molar refractivity (Wildman–Crippen MR) is 122 cm³/mol. The number of hydrazone groups is 1. The second-order valence-electron chi connectivity index (χ2n) is 6.80. The number of rotatable bonds is 9. The van der Waals surface area contributed by atoms with Crippen LogP contribution in [-0.4, -0.2) is 51.6 Å². The Hall–Kier alpha value is -4.94. The van der Waals surface area contributed by atoms with E-state index in [4.69, 9.17) is 15.2 Å². The van der Waals surface area contributed by atoms with Gasteiger partial charge in [0.25, 0.3) is 5.91 Å². The molecule has 0 aliphatic carbocycles. The predicted octanol–water partition coefficient (Wildman–Crippen LogP) is 1.63. The maximum absolute atomic E-state index is 12.9. The first kappa shape index (κ1) is 22.3. The molecule has 174 valence electrons. The van der Waals surface area contributed by atoms with E-state index in [-0.39, 0.29) is 23.9 Å². The molecule has 0 spiro atoms. The number of para-hydroxylation sites is 1. The van der Waals surface area contributed by atoms with Gasteiger partial charge in [0, 0.05) is 5.69 Å². The minimum atomic E-state index is -0.581. The second-order valence-corrected chi connectivity index (χ2v) is 6.80. The van der Waals surface area contributed by atoms with Crippen LogP contribution in [0, 0.1) is 0 Å². The monoisotopic (exact) mass is 463 g/mol. The number of ether oxygens (including phenoxy) is 2. The van der Waals surface area contributed by atoms with Gasteiger partial charge in [-0.2, -0.15) is 9.78 Å². The van der Waals surface area contributed by atoms with Gasteiger partial charge in [0.05, 0.1) is 32.7 Å². The van der Waals surface area contributed by atoms with E-state index in [2.05, 4.69) is 41.1 Å². The van der Waals surface area contributed by atoms with E-state index in [1.165, 1.54) is 18.0 Å². The maximum atomic E-state index is 12.9. The fourth-order valence-corrected chi connectivity index (χ4v) is 3.04. The molecule has 34 heavy (non-hydrogen) atoms. The van der Waals surface area contributed by atoms with Crippen molar-refractivity contribution in [1.29, 1.82) is 0 Å². The molecule has 0 aliphatic heterocycles. The fourth-order valence-electron chi connectivity index (χ4n) is 3.04. The smallest absolute Gasteiger partial charge is 0.293 e. The van der Waals surface area contributed by atoms with Gasteiger partial charge in [-0.05, 0) is 46.2 Å². The number of nitrogens with two attached hydrogens (primary N) is 1. The van der Waals surface area contributed by atoms with E-state index < -0.39 is 5.91 Å². The van der Waals surface area contributed by atoms with Crippen molar-refractivity contribution in [2.45, 2.75) is 6.54 Å². The van der Waals surface area contributed by atoms with E-state index in [1.54, 1.807) is 25.3 Å². The summed E-state index contributed by atoms with van der Waals surface area (Å²) < 4.78 is 16.4. The molecule has 2 aromatic heterocycles. The molecule has 4 N–H and O–H groups in total. The lowest BCUT2D eigenvalue weighted by molar-refractivity contribution is 0.0949. The average Bonchev–Trinajstić information content (AvgIpc) is 3.48. The van der Waals surface area contributed by atoms with Crippen molar-refractivity contribution in [2.75, 3.05) is 25.3 Å². The van der Waals surface area contributed by atoms with Gasteiger partial charge < -0.3 is 20.5 Å². The fraction of sp³-hybridized carbons (Fsp3) is 0.143. The Balaban J connectivity index is 1.55. The molecule has 2 heterocycles. The first-order valence-corrected chi connectivity index (χ1v) is 9.98. The van der Waals surface area contributed by atoms with Gasteiger partial charge in [-0.15, -0.1) is 5.10 Å². The van der Waals surface area contributed by atoms with Crippen LogP contribution in [0.4, 0.5) is 11.5 Å². The second kappa shape index (κ2) is 10.1. The molecule has 13 nitrogen and oxygen atoms in total. The molecule has 0 bridgehead atoms. The maximum Gasteiger partial charge on any atom is 0.293 e. The molecule has 0 saturated carbocycles. The van der Waals surface area contributed by atoms with Gasteiger partial charge in [-0.1, -0.05) is 23.4 Å². The molecule has 0 unspecified atom stereocenters. The van der Waals surface area contributed by atoms with Gasteiger partial charge >= 0.3 is 0 Å². The molecule has 0 aliphatic rings. The van der Waals surface area contributed by atoms with E-state index in [1.807, 2.05) is 30.3 Å². The molecule has 0 atom stereocenters. The molecular weight excluding hydrogens is 442 g/mol. The summed E-state index contributed by atoms with van der Waals surface area (Å²) in [6.07, 6.45) is 1.46. The summed E-state index contributed by atoms with van der Waals surface area (Å²) in [5.74, 6) is 0.656. The van der Waals surface area contributed by atoms with Crippen molar-refractivity contribution in [1.82, 2.24) is 30.7 Å². The van der Waals surface area contributed by atoms with Crippen LogP contribution in [-0.2, 0) is 6.54 Å². The SMILES string of the molecule is COc1ccc(C=NNC(=O)c2nnn(-c3nonc3N)c2CNc2ccccc2)cc1OC. The summed E-state index contributed by atoms with van der Waals surface area (Å²) in [5.41, 5.74) is 10.2. The van der Waals surface area contributed by atoms with E-state index in [0.29, 0.717) is 22.8 Å². The minimum Gasteiger partial charge on any atom is -0.493 e. The summed E-state index contributed by atoms with van der Waals surface area (Å²) in [4.78, 5) is 12.9. The summed E-state index contributed by atoms with van der Waals surface area (Å²) in [5, 5.41) is 22.5. The highest BCUT2D eigenvalue weighted by atomic mass is 16.6. The van der Waals surface area contributed by atoms with Crippen LogP contribution in [0.5, 0.6) is 11.5 Å². The highest BCUT2D eigenvalue weighted by Gasteiger charge is 2.23. The number of nitrogen functional groups attached to an aromatic ring is 1. The van der Waals surface area contributed by atoms with Crippen molar-refractivity contribution in [3.05, 3.63) is 65.5 Å². The standard InChI is InChI=1S/C21H21N9O4/c1-32-16-9-8-13(10-17(16)33-2)11-24-26-21(31)18-15(12-23-14-6-4-3-5-7-14)30(29-25-18)20-19(22)27-34-28-20/h3-11,23H,12H2,1-2H3,(H2,22,27)(H,26,31). The van der Waals surface area contributed by atoms with Crippen molar-refractivity contribution in [2.24, 2.45) is 5.10 Å². The number of aromatic nitrogens is 5. The van der Waals surface area contributed by atoms with E-state index >= 15 is 0 Å². The normalized spacial score (nSPS) is 10.9. The lowest BCUT2D eigenvalue weighted by Crippen LogP contribution is -2.21. The van der Waals surface area contributed by atoms with Gasteiger partial charge in [0.15, 0.2) is 17.2 Å². The number of benzene rings is 2. The van der Waals surface area contributed by atoms with E-state index in [9.17, 15) is 4.79 Å². The zero-order chi connectivity index (χ0) is 23.9. The number of carbonyl (C=O) groups is 1. The average molecular weight is 463 g/mol. The molecule has 4 aromatic rings. The van der Waals surface area contributed by atoms with Crippen LogP contribution in [0.25, 0.3) is 5.82 Å². The number of amides is 1. The van der Waals surface area contributed by atoms with Crippen molar-refractivity contribution in [3.8, 4) is 17.3 Å². The number of carbonyl (C=O) groups excluding carboxylic acids is 1. The summed E-state index contributed by atoms with van der Waals surface area (Å²) in [6, 6.07) is 14.6. The lowest BCUT2D eigenvalue weighted by Gasteiger charge is -2.08. The molecular formula is C21H21N9O4. The lowest BCUT2D eigenvalue weighted by atomic mass is 10.2. The van der Waals surface area contributed by atoms with Crippen molar-refractivity contribution < 1.29 is 18.9 Å². The number of nitrogens with one attached hydrogen (secondary N) is 2. The van der Waals surface area contributed by atoms with Crippen LogP contribution in [0.3, 0.4) is 0 Å². The van der Waals surface area contributed by atoms with E-state index in [0.717, 1.165) is 5.69 Å². The highest BCUT2D eigenvalue weighted by Crippen LogP contribution is 2.26. The third kappa shape index (κ3) is 4.77. The Labute approximate surface area is 193 Å². The summed E-state index contributed by atoms with van der Waals surface area (Å²) in [6.45, 7) is 0.186. The summed E-state index contributed by atoms with van der Waals surface area (Å²) in [7, 11) is 3.08. The van der Waals surface area contributed by atoms with Gasteiger partial charge in [0.2, 0.25) is 11.6 Å². The quantitative estimate of drug-likeness (QED) is 0.245. The molecule has 4 rings (SSSR count). The van der Waals surface area contributed by atoms with Crippen LogP contribution in [0.2, 0.25) is 0 Å². The number of anilines is 2. The molecule has 1 amide bonds. The van der Waals surface area contributed by atoms with Gasteiger partial charge in [-0.3, -0.25) is 4.79 Å². The number of methoxy groups -OCH3 is 2. The van der Waals surface area contributed by atoms with Gasteiger partial charge in [-0.25, -0.2) is 10.1 Å². The number of hydrogen-bond acceptors (Lipinski definition) is 11. The first-order valence-electron chi connectivity index (χ1n) is 9.98. The molecule has 2 aromatic carbocycles. The number of nitrogens with zero attached hydrogens (tertiary/aromatic N) is 6. The van der Waals surface area contributed by atoms with Crippen LogP contribution >= 0.6 is 0 Å². The van der Waals surface area contributed by atoms with Crippen LogP contribution in [0.15, 0.2) is 58.3 Å². The third-order valence-electron chi connectivity index (χ3n) is 4.70. The van der Waals surface area contributed by atoms with Crippen LogP contribution < -0.4 is 25.9 Å². The van der Waals surface area contributed by atoms with Crippen molar-refractivity contribution >= 4 is 23.6 Å². The molecule has 0 saturated heterocycles. The molecule has 0 fully saturated rings. The highest BCUT2D eigenvalue weighted by molar-refractivity contribution is 5.94. The largest absolute Gasteiger partial charge is 0.493 e. The topological polar surface area (TPSA) is 168 Å². The van der Waals surface area contributed by atoms with Crippen molar-refractivity contribution in [3.63, 3.8) is 0 Å². The summed E-state index contributed by atoms with van der Waals surface area (Å²) >= 11 is 0. The Morgan fingerprint density at radius 1 is 1.15 bits per heavy atom. The number of hydrogen-bond donors (Lipinski definition) is 3. The van der Waals surface area contributed by atoms with Crippen LogP contribution in [0.1, 0.15) is 21.7 Å². The Bertz CT molecular complexity index is 1300. The Kier molecular flexibility index (Phi) is 6.63. The molecule has 0 radical (unpaired) electrons. The Morgan fingerprint density at radius 3 is 2.65 bits per heavy atom. The first-order chi connectivity index (χ1) is 16.6. The zero-order valence-electron chi connectivity index (χ0n) is 18.3. The van der Waals surface area contributed by atoms with Gasteiger partial charge in [0.1, 0.15) is 0 Å². The minimum absolute atomic E-state index is 0.00398. The zero-order valence-corrected chi connectivity index (χ0v) is 18.3. The Morgan fingerprint density at radius 2 is 1.94 bits per heavy atom. The third-order valence-corrected chi connectivity index (χ3v) is 4.70. The molecule has 13 heteroatoms.